The third-order valence-electron chi connectivity index (χ3n) is 3.17. The zero-order chi connectivity index (χ0) is 13.1. The number of carboxylic acid groups (broad SMARTS) is 1. The first-order valence-electron chi connectivity index (χ1n) is 5.75. The van der Waals surface area contributed by atoms with Crippen molar-refractivity contribution < 1.29 is 23.4 Å². The second-order valence-corrected chi connectivity index (χ2v) is 6.50. The van der Waals surface area contributed by atoms with E-state index >= 15 is 0 Å². The van der Waals surface area contributed by atoms with Crippen LogP contribution in [0.4, 0.5) is 0 Å². The highest BCUT2D eigenvalue weighted by molar-refractivity contribution is 7.90. The fourth-order valence-electron chi connectivity index (χ4n) is 2.14. The molecule has 0 radical (unpaired) electrons. The van der Waals surface area contributed by atoms with E-state index in [4.69, 9.17) is 10.2 Å². The van der Waals surface area contributed by atoms with E-state index in [1.165, 1.54) is 4.31 Å². The quantitative estimate of drug-likeness (QED) is 0.706. The second kappa shape index (κ2) is 5.79. The maximum atomic E-state index is 12.1. The lowest BCUT2D eigenvalue weighted by Gasteiger charge is -2.28. The Morgan fingerprint density at radius 1 is 1.41 bits per heavy atom. The molecular formula is C10H19NO5S. The maximum Gasteiger partial charge on any atom is 0.323 e. The molecule has 0 aliphatic heterocycles. The summed E-state index contributed by atoms with van der Waals surface area (Å²) in [6, 6.07) is -0.158. The fourth-order valence-corrected chi connectivity index (χ4v) is 3.76. The number of aliphatic hydroxyl groups is 1. The molecule has 1 aliphatic rings. The van der Waals surface area contributed by atoms with Gasteiger partial charge in [0.2, 0.25) is 10.0 Å². The van der Waals surface area contributed by atoms with E-state index in [0.29, 0.717) is 0 Å². The summed E-state index contributed by atoms with van der Waals surface area (Å²) >= 11 is 0. The number of rotatable bonds is 6. The maximum absolute atomic E-state index is 12.1. The summed E-state index contributed by atoms with van der Waals surface area (Å²) < 4.78 is 25.3. The van der Waals surface area contributed by atoms with Crippen molar-refractivity contribution in [1.82, 2.24) is 4.31 Å². The van der Waals surface area contributed by atoms with Gasteiger partial charge in [-0.2, -0.15) is 4.31 Å². The number of aliphatic hydroxyl groups excluding tert-OH is 1. The van der Waals surface area contributed by atoms with Gasteiger partial charge in [0, 0.05) is 12.6 Å². The van der Waals surface area contributed by atoms with Gasteiger partial charge >= 0.3 is 5.97 Å². The van der Waals surface area contributed by atoms with Gasteiger partial charge in [-0.3, -0.25) is 4.79 Å². The van der Waals surface area contributed by atoms with Crippen molar-refractivity contribution in [3.05, 3.63) is 0 Å². The van der Waals surface area contributed by atoms with Crippen LogP contribution in [-0.2, 0) is 14.8 Å². The smallest absolute Gasteiger partial charge is 0.323 e. The van der Waals surface area contributed by atoms with Crippen molar-refractivity contribution in [2.45, 2.75) is 43.9 Å². The first-order valence-corrected chi connectivity index (χ1v) is 7.26. The van der Waals surface area contributed by atoms with Crippen molar-refractivity contribution in [2.24, 2.45) is 0 Å². The monoisotopic (exact) mass is 265 g/mol. The van der Waals surface area contributed by atoms with Crippen LogP contribution in [0.1, 0.15) is 32.6 Å². The molecule has 0 saturated heterocycles. The van der Waals surface area contributed by atoms with Crippen LogP contribution in [0, 0.1) is 0 Å². The lowest BCUT2D eigenvalue weighted by Crippen LogP contribution is -2.47. The van der Waals surface area contributed by atoms with E-state index in [-0.39, 0.29) is 19.2 Å². The molecule has 0 aromatic carbocycles. The first kappa shape index (κ1) is 14.4. The number of hydrogen-bond acceptors (Lipinski definition) is 4. The Balaban J connectivity index is 2.92. The third kappa shape index (κ3) is 3.17. The highest BCUT2D eigenvalue weighted by atomic mass is 32.2. The standard InChI is InChI=1S/C10H19NO5S/c1-8(10(13)14)17(15,16)11(6-7-12)9-4-2-3-5-9/h8-9,12H,2-7H2,1H3,(H,13,14). The minimum Gasteiger partial charge on any atom is -0.480 e. The Kier molecular flexibility index (Phi) is 4.91. The molecule has 1 unspecified atom stereocenters. The zero-order valence-corrected chi connectivity index (χ0v) is 10.7. The van der Waals surface area contributed by atoms with Crippen LogP contribution in [0.2, 0.25) is 0 Å². The molecule has 1 atom stereocenters. The molecule has 0 aromatic heterocycles. The van der Waals surface area contributed by atoms with E-state index in [0.717, 1.165) is 32.6 Å². The van der Waals surface area contributed by atoms with Crippen LogP contribution in [0.5, 0.6) is 0 Å². The van der Waals surface area contributed by atoms with Crippen LogP contribution < -0.4 is 0 Å². The highest BCUT2D eigenvalue weighted by Crippen LogP contribution is 2.26. The summed E-state index contributed by atoms with van der Waals surface area (Å²) in [7, 11) is -3.87. The molecule has 6 nitrogen and oxygen atoms in total. The van der Waals surface area contributed by atoms with Crippen LogP contribution in [0.25, 0.3) is 0 Å². The number of aliphatic carboxylic acids is 1. The molecule has 1 aliphatic carbocycles. The van der Waals surface area contributed by atoms with E-state index < -0.39 is 21.2 Å². The van der Waals surface area contributed by atoms with Crippen LogP contribution in [0.3, 0.4) is 0 Å². The van der Waals surface area contributed by atoms with Gasteiger partial charge < -0.3 is 10.2 Å². The van der Waals surface area contributed by atoms with Crippen molar-refractivity contribution in [2.75, 3.05) is 13.2 Å². The van der Waals surface area contributed by atoms with Gasteiger partial charge in [-0.1, -0.05) is 12.8 Å². The largest absolute Gasteiger partial charge is 0.480 e. The average Bonchev–Trinajstić information content (AvgIpc) is 2.77. The molecule has 100 valence electrons. The summed E-state index contributed by atoms with van der Waals surface area (Å²) in [6.45, 7) is 0.851. The normalized spacial score (nSPS) is 19.7. The average molecular weight is 265 g/mol. The van der Waals surface area contributed by atoms with Gasteiger partial charge in [-0.05, 0) is 19.8 Å². The summed E-state index contributed by atoms with van der Waals surface area (Å²) in [5.41, 5.74) is 0. The predicted molar refractivity (Wildman–Crippen MR) is 62.1 cm³/mol. The van der Waals surface area contributed by atoms with E-state index in [1.807, 2.05) is 0 Å². The van der Waals surface area contributed by atoms with Crippen molar-refractivity contribution in [1.29, 1.82) is 0 Å². The number of carboxylic acids is 1. The molecule has 7 heteroatoms. The lowest BCUT2D eigenvalue weighted by molar-refractivity contribution is -0.136. The molecule has 17 heavy (non-hydrogen) atoms. The number of carbonyl (C=O) groups is 1. The van der Waals surface area contributed by atoms with Crippen LogP contribution >= 0.6 is 0 Å². The van der Waals surface area contributed by atoms with Gasteiger partial charge in [0.25, 0.3) is 0 Å². The summed E-state index contributed by atoms with van der Waals surface area (Å²) in [4.78, 5) is 10.8. The second-order valence-electron chi connectivity index (χ2n) is 4.30. The molecular weight excluding hydrogens is 246 g/mol. The molecule has 0 spiro atoms. The summed E-state index contributed by atoms with van der Waals surface area (Å²) in [5, 5.41) is 16.3. The van der Waals surface area contributed by atoms with Gasteiger partial charge in [0.05, 0.1) is 6.61 Å². The molecule has 0 amide bonds. The van der Waals surface area contributed by atoms with E-state index in [2.05, 4.69) is 0 Å². The minimum atomic E-state index is -3.87. The molecule has 1 fully saturated rings. The molecule has 0 heterocycles. The Morgan fingerprint density at radius 2 is 1.94 bits per heavy atom. The van der Waals surface area contributed by atoms with Crippen molar-refractivity contribution in [3.8, 4) is 0 Å². The number of sulfonamides is 1. The molecule has 1 saturated carbocycles. The highest BCUT2D eigenvalue weighted by Gasteiger charge is 2.38. The van der Waals surface area contributed by atoms with Gasteiger partial charge in [-0.25, -0.2) is 8.42 Å². The number of hydrogen-bond donors (Lipinski definition) is 2. The minimum absolute atomic E-state index is 0.0232. The van der Waals surface area contributed by atoms with Gasteiger partial charge in [0.15, 0.2) is 5.25 Å². The topological polar surface area (TPSA) is 94.9 Å². The molecule has 1 rings (SSSR count). The summed E-state index contributed by atoms with van der Waals surface area (Å²) in [6.07, 6.45) is 3.38. The van der Waals surface area contributed by atoms with Gasteiger partial charge in [0.1, 0.15) is 0 Å². The Hall–Kier alpha value is -0.660. The predicted octanol–water partition coefficient (Wildman–Crippen LogP) is 0.0262. The number of nitrogens with zero attached hydrogens (tertiary/aromatic N) is 1. The molecule has 0 bridgehead atoms. The van der Waals surface area contributed by atoms with Crippen LogP contribution in [0.15, 0.2) is 0 Å². The van der Waals surface area contributed by atoms with Gasteiger partial charge in [-0.15, -0.1) is 0 Å². The Labute approximate surface area is 101 Å². The van der Waals surface area contributed by atoms with Crippen LogP contribution in [-0.4, -0.2) is 53.3 Å². The van der Waals surface area contributed by atoms with Crippen molar-refractivity contribution >= 4 is 16.0 Å². The zero-order valence-electron chi connectivity index (χ0n) is 9.87. The van der Waals surface area contributed by atoms with E-state index in [9.17, 15) is 13.2 Å². The Morgan fingerprint density at radius 3 is 2.35 bits per heavy atom. The van der Waals surface area contributed by atoms with Crippen molar-refractivity contribution in [3.63, 3.8) is 0 Å². The SMILES string of the molecule is CC(C(=O)O)S(=O)(=O)N(CCO)C1CCCC1. The third-order valence-corrected chi connectivity index (χ3v) is 5.40. The fraction of sp³-hybridized carbons (Fsp3) is 0.900. The Bertz CT molecular complexity index is 361. The molecule has 0 aromatic rings. The molecule has 2 N–H and O–H groups in total. The first-order chi connectivity index (χ1) is 7.91. The van der Waals surface area contributed by atoms with E-state index in [1.54, 1.807) is 0 Å². The lowest BCUT2D eigenvalue weighted by atomic mass is 10.2. The summed E-state index contributed by atoms with van der Waals surface area (Å²) in [5.74, 6) is -1.36.